The highest BCUT2D eigenvalue weighted by Gasteiger charge is 2.20. The normalized spacial score (nSPS) is 17.3. The van der Waals surface area contributed by atoms with Crippen LogP contribution in [-0.2, 0) is 0 Å². The highest BCUT2D eigenvalue weighted by Crippen LogP contribution is 1.92. The molecule has 47 valence electrons. The van der Waals surface area contributed by atoms with Crippen LogP contribution >= 0.6 is 0 Å². The standard InChI is InChI=1S/C3H5BN3O2/c8-3-5-1-2-7(3)4-6-9/h1-2H2,(H,5,8). The molecule has 0 atom stereocenters. The van der Waals surface area contributed by atoms with Crippen molar-refractivity contribution >= 4 is 13.6 Å². The maximum atomic E-state index is 10.5. The van der Waals surface area contributed by atoms with Gasteiger partial charge in [0.15, 0.2) is 0 Å². The quantitative estimate of drug-likeness (QED) is 0.393. The summed E-state index contributed by atoms with van der Waals surface area (Å²) >= 11 is 0. The number of carbonyl (C=O) groups excluding carboxylic acids is 1. The number of carbonyl (C=O) groups is 1. The van der Waals surface area contributed by atoms with Crippen LogP contribution in [0.4, 0.5) is 4.79 Å². The highest BCUT2D eigenvalue weighted by molar-refractivity contribution is 6.34. The summed E-state index contributed by atoms with van der Waals surface area (Å²) in [6.45, 7) is 1.12. The molecule has 0 aromatic heterocycles. The van der Waals surface area contributed by atoms with Gasteiger partial charge in [0, 0.05) is 13.1 Å². The molecule has 6 heteroatoms. The van der Waals surface area contributed by atoms with Gasteiger partial charge in [-0.05, 0) is 0 Å². The average Bonchev–Trinajstić information content (AvgIpc) is 2.18. The van der Waals surface area contributed by atoms with Gasteiger partial charge in [-0.15, -0.1) is 5.09 Å². The first-order valence-corrected chi connectivity index (χ1v) is 2.55. The van der Waals surface area contributed by atoms with Crippen molar-refractivity contribution < 1.29 is 4.79 Å². The fraction of sp³-hybridized carbons (Fsp3) is 0.667. The fourth-order valence-corrected chi connectivity index (χ4v) is 0.653. The van der Waals surface area contributed by atoms with Gasteiger partial charge in [0.1, 0.15) is 0 Å². The topological polar surface area (TPSA) is 61.8 Å². The summed E-state index contributed by atoms with van der Waals surface area (Å²) in [4.78, 5) is 21.4. The van der Waals surface area contributed by atoms with Gasteiger partial charge < -0.3 is 10.1 Å². The number of amides is 2. The van der Waals surface area contributed by atoms with Crippen LogP contribution in [0.15, 0.2) is 5.09 Å². The minimum atomic E-state index is -0.255. The first kappa shape index (κ1) is 6.06. The maximum Gasteiger partial charge on any atom is 0.475 e. The molecule has 1 aliphatic rings. The third kappa shape index (κ3) is 1.19. The largest absolute Gasteiger partial charge is 0.475 e. The summed E-state index contributed by atoms with van der Waals surface area (Å²) in [5, 5.41) is 4.97. The lowest BCUT2D eigenvalue weighted by molar-refractivity contribution is 0.236. The molecule has 1 heterocycles. The van der Waals surface area contributed by atoms with E-state index in [9.17, 15) is 9.70 Å². The van der Waals surface area contributed by atoms with Gasteiger partial charge in [-0.2, -0.15) is 4.91 Å². The molecule has 0 saturated carbocycles. The molecule has 0 aromatic carbocycles. The third-order valence-electron chi connectivity index (χ3n) is 1.08. The summed E-state index contributed by atoms with van der Waals surface area (Å²) in [5.74, 6) is 0. The van der Waals surface area contributed by atoms with Crippen LogP contribution in [0.5, 0.6) is 0 Å². The van der Waals surface area contributed by atoms with Gasteiger partial charge in [-0.1, -0.05) is 0 Å². The fourth-order valence-electron chi connectivity index (χ4n) is 0.653. The molecule has 1 aliphatic heterocycles. The molecule has 1 fully saturated rings. The van der Waals surface area contributed by atoms with Crippen LogP contribution < -0.4 is 5.32 Å². The first-order valence-electron chi connectivity index (χ1n) is 2.55. The van der Waals surface area contributed by atoms with E-state index in [1.807, 2.05) is 0 Å². The van der Waals surface area contributed by atoms with E-state index in [1.54, 1.807) is 0 Å². The number of nitrogens with zero attached hydrogens (tertiary/aromatic N) is 2. The van der Waals surface area contributed by atoms with Gasteiger partial charge in [0.05, 0.1) is 0 Å². The molecule has 0 aliphatic carbocycles. The molecule has 1 radical (unpaired) electrons. The van der Waals surface area contributed by atoms with Crippen LogP contribution in [0.25, 0.3) is 0 Å². The number of nitrogens with one attached hydrogen (secondary N) is 1. The average molecular weight is 126 g/mol. The number of urea groups is 1. The Morgan fingerprint density at radius 2 is 2.56 bits per heavy atom. The predicted molar refractivity (Wildman–Crippen MR) is 31.7 cm³/mol. The van der Waals surface area contributed by atoms with Gasteiger partial charge in [0.2, 0.25) is 0 Å². The van der Waals surface area contributed by atoms with Gasteiger partial charge in [-0.25, -0.2) is 4.79 Å². The summed E-state index contributed by atoms with van der Waals surface area (Å²) in [5.41, 5.74) is 0. The SMILES string of the molecule is O=N[B]N1CCNC1=O. The number of hydrogen-bond donors (Lipinski definition) is 1. The molecule has 2 amide bonds. The lowest BCUT2D eigenvalue weighted by atomic mass is 10.2. The Balaban J connectivity index is 2.39. The molecular weight excluding hydrogens is 121 g/mol. The van der Waals surface area contributed by atoms with E-state index in [2.05, 4.69) is 10.4 Å². The van der Waals surface area contributed by atoms with E-state index in [-0.39, 0.29) is 6.03 Å². The monoisotopic (exact) mass is 126 g/mol. The van der Waals surface area contributed by atoms with Crippen LogP contribution in [-0.4, -0.2) is 31.5 Å². The van der Waals surface area contributed by atoms with E-state index in [0.717, 1.165) is 7.55 Å². The van der Waals surface area contributed by atoms with Crippen molar-refractivity contribution in [3.05, 3.63) is 4.91 Å². The lowest BCUT2D eigenvalue weighted by Gasteiger charge is -2.04. The second-order valence-corrected chi connectivity index (χ2v) is 1.65. The van der Waals surface area contributed by atoms with E-state index in [1.165, 1.54) is 4.81 Å². The van der Waals surface area contributed by atoms with Crippen molar-refractivity contribution in [3.63, 3.8) is 0 Å². The minimum Gasteiger partial charge on any atom is -0.345 e. The van der Waals surface area contributed by atoms with Gasteiger partial charge >= 0.3 is 13.6 Å². The van der Waals surface area contributed by atoms with Crippen LogP contribution in [0, 0.1) is 4.91 Å². The Kier molecular flexibility index (Phi) is 1.67. The molecule has 0 unspecified atom stereocenters. The molecule has 0 spiro atoms. The zero-order chi connectivity index (χ0) is 6.69. The van der Waals surface area contributed by atoms with E-state index in [0.29, 0.717) is 13.1 Å². The number of nitroso groups, excluding NO2 is 1. The smallest absolute Gasteiger partial charge is 0.345 e. The molecule has 5 nitrogen and oxygen atoms in total. The Hall–Kier alpha value is -1.07. The number of hydrogen-bond acceptors (Lipinski definition) is 3. The zero-order valence-corrected chi connectivity index (χ0v) is 4.70. The summed E-state index contributed by atoms with van der Waals surface area (Å²) in [6.07, 6.45) is 0. The highest BCUT2D eigenvalue weighted by atomic mass is 16.2. The van der Waals surface area contributed by atoms with Crippen molar-refractivity contribution in [2.45, 2.75) is 0 Å². The Morgan fingerprint density at radius 1 is 1.78 bits per heavy atom. The Labute approximate surface area is 52.7 Å². The Bertz CT molecular complexity index is 139. The summed E-state index contributed by atoms with van der Waals surface area (Å²) in [7, 11) is 0.975. The minimum absolute atomic E-state index is 0.255. The molecule has 1 saturated heterocycles. The maximum absolute atomic E-state index is 10.5. The van der Waals surface area contributed by atoms with Crippen molar-refractivity contribution in [2.24, 2.45) is 5.09 Å². The van der Waals surface area contributed by atoms with Crippen LogP contribution in [0.3, 0.4) is 0 Å². The van der Waals surface area contributed by atoms with E-state index >= 15 is 0 Å². The van der Waals surface area contributed by atoms with Gasteiger partial charge in [-0.3, -0.25) is 0 Å². The molecule has 1 N–H and O–H groups in total. The van der Waals surface area contributed by atoms with E-state index in [4.69, 9.17) is 0 Å². The summed E-state index contributed by atoms with van der Waals surface area (Å²) in [6, 6.07) is -0.255. The molecule has 0 aromatic rings. The summed E-state index contributed by atoms with van der Waals surface area (Å²) < 4.78 is 0. The zero-order valence-electron chi connectivity index (χ0n) is 4.70. The van der Waals surface area contributed by atoms with Crippen molar-refractivity contribution in [3.8, 4) is 0 Å². The molecule has 1 rings (SSSR count). The van der Waals surface area contributed by atoms with Crippen molar-refractivity contribution in [2.75, 3.05) is 13.1 Å². The van der Waals surface area contributed by atoms with E-state index < -0.39 is 0 Å². The number of rotatable bonds is 2. The second-order valence-electron chi connectivity index (χ2n) is 1.65. The van der Waals surface area contributed by atoms with Crippen LogP contribution in [0.1, 0.15) is 0 Å². The third-order valence-corrected chi connectivity index (χ3v) is 1.08. The second kappa shape index (κ2) is 2.47. The first-order chi connectivity index (χ1) is 4.34. The van der Waals surface area contributed by atoms with Crippen molar-refractivity contribution in [1.82, 2.24) is 10.1 Å². The predicted octanol–water partition coefficient (Wildman–Crippen LogP) is -0.688. The van der Waals surface area contributed by atoms with Gasteiger partial charge in [0.25, 0.3) is 0 Å². The molecular formula is C3H5BN3O2. The molecule has 9 heavy (non-hydrogen) atoms. The van der Waals surface area contributed by atoms with Crippen LogP contribution in [0.2, 0.25) is 0 Å². The molecule has 0 bridgehead atoms. The van der Waals surface area contributed by atoms with Crippen molar-refractivity contribution in [1.29, 1.82) is 0 Å². The lowest BCUT2D eigenvalue weighted by Crippen LogP contribution is -2.30. The Morgan fingerprint density at radius 3 is 3.00 bits per heavy atom.